The van der Waals surface area contributed by atoms with Gasteiger partial charge in [0, 0.05) is 24.2 Å². The fourth-order valence-electron chi connectivity index (χ4n) is 5.59. The molecule has 3 aromatic carbocycles. The van der Waals surface area contributed by atoms with E-state index in [2.05, 4.69) is 11.6 Å². The van der Waals surface area contributed by atoms with Crippen LogP contribution in [0.3, 0.4) is 0 Å². The van der Waals surface area contributed by atoms with E-state index in [0.717, 1.165) is 5.69 Å². The SMILES string of the molecule is C=CCOC(=O)C1=C(C)N=c2s/c(=C\c3cn(-c4ccccc4)nc3-c3ccc(OC)c(Cl)c3)c(=O)n2C1c1ccc(OC(C)=O)c(OC)c1. The number of hydrogen-bond donors (Lipinski definition) is 0. The minimum Gasteiger partial charge on any atom is -0.495 e. The number of carbonyl (C=O) groups is 2. The van der Waals surface area contributed by atoms with Gasteiger partial charge in [0.2, 0.25) is 0 Å². The highest BCUT2D eigenvalue weighted by atomic mass is 35.5. The van der Waals surface area contributed by atoms with Crippen molar-refractivity contribution < 1.29 is 28.5 Å². The van der Waals surface area contributed by atoms with Gasteiger partial charge in [0.25, 0.3) is 5.56 Å². The molecule has 6 rings (SSSR count). The number of methoxy groups -OCH3 is 2. The highest BCUT2D eigenvalue weighted by molar-refractivity contribution is 7.07. The Labute approximate surface area is 295 Å². The van der Waals surface area contributed by atoms with Crippen LogP contribution in [0.2, 0.25) is 5.02 Å². The molecular formula is C37H31ClN4O7S. The van der Waals surface area contributed by atoms with Gasteiger partial charge in [0.15, 0.2) is 16.3 Å². The fourth-order valence-corrected chi connectivity index (χ4v) is 6.88. The quantitative estimate of drug-likeness (QED) is 0.107. The lowest BCUT2D eigenvalue weighted by Crippen LogP contribution is -2.40. The van der Waals surface area contributed by atoms with E-state index in [1.807, 2.05) is 42.6 Å². The van der Waals surface area contributed by atoms with Gasteiger partial charge in [-0.3, -0.25) is 14.2 Å². The van der Waals surface area contributed by atoms with E-state index in [9.17, 15) is 14.4 Å². The maximum Gasteiger partial charge on any atom is 0.338 e. The molecule has 0 saturated heterocycles. The van der Waals surface area contributed by atoms with Gasteiger partial charge in [0.05, 0.1) is 46.8 Å². The average Bonchev–Trinajstić information content (AvgIpc) is 3.67. The van der Waals surface area contributed by atoms with Crippen LogP contribution in [0.1, 0.15) is 31.0 Å². The molecule has 1 aliphatic rings. The van der Waals surface area contributed by atoms with Gasteiger partial charge >= 0.3 is 11.9 Å². The van der Waals surface area contributed by atoms with Crippen molar-refractivity contribution in [2.45, 2.75) is 19.9 Å². The summed E-state index contributed by atoms with van der Waals surface area (Å²) in [6.07, 6.45) is 5.04. The van der Waals surface area contributed by atoms with Gasteiger partial charge in [-0.15, -0.1) is 0 Å². The lowest BCUT2D eigenvalue weighted by Gasteiger charge is -2.25. The molecule has 0 amide bonds. The van der Waals surface area contributed by atoms with Crippen LogP contribution in [0.5, 0.6) is 17.2 Å². The number of esters is 2. The molecule has 50 heavy (non-hydrogen) atoms. The van der Waals surface area contributed by atoms with Gasteiger partial charge < -0.3 is 18.9 Å². The lowest BCUT2D eigenvalue weighted by atomic mass is 9.95. The van der Waals surface area contributed by atoms with Crippen LogP contribution in [0.25, 0.3) is 23.0 Å². The number of benzene rings is 3. The summed E-state index contributed by atoms with van der Waals surface area (Å²) in [4.78, 5) is 44.7. The molecule has 13 heteroatoms. The molecule has 1 unspecified atom stereocenters. The summed E-state index contributed by atoms with van der Waals surface area (Å²) in [5.41, 5.74) is 3.42. The number of ether oxygens (including phenoxy) is 4. The summed E-state index contributed by atoms with van der Waals surface area (Å²) in [6.45, 7) is 6.57. The van der Waals surface area contributed by atoms with Crippen molar-refractivity contribution in [2.24, 2.45) is 4.99 Å². The Kier molecular flexibility index (Phi) is 9.84. The average molecular weight is 711 g/mol. The third kappa shape index (κ3) is 6.63. The van der Waals surface area contributed by atoms with E-state index in [1.54, 1.807) is 55.1 Å². The van der Waals surface area contributed by atoms with E-state index < -0.39 is 23.5 Å². The molecule has 0 saturated carbocycles. The predicted octanol–water partition coefficient (Wildman–Crippen LogP) is 5.41. The zero-order valence-electron chi connectivity index (χ0n) is 27.5. The Balaban J connectivity index is 1.56. The van der Waals surface area contributed by atoms with Crippen molar-refractivity contribution in [3.63, 3.8) is 0 Å². The molecule has 2 aromatic heterocycles. The fraction of sp³-hybridized carbons (Fsp3) is 0.162. The van der Waals surface area contributed by atoms with Crippen molar-refractivity contribution in [2.75, 3.05) is 20.8 Å². The van der Waals surface area contributed by atoms with Crippen LogP contribution in [0.4, 0.5) is 0 Å². The maximum absolute atomic E-state index is 14.4. The molecule has 254 valence electrons. The van der Waals surface area contributed by atoms with Crippen LogP contribution >= 0.6 is 22.9 Å². The Bertz CT molecular complexity index is 2360. The van der Waals surface area contributed by atoms with Gasteiger partial charge in [-0.05, 0) is 61.0 Å². The van der Waals surface area contributed by atoms with Crippen LogP contribution < -0.4 is 29.1 Å². The smallest absolute Gasteiger partial charge is 0.338 e. The zero-order chi connectivity index (χ0) is 35.5. The molecule has 1 atom stereocenters. The number of thiazole rings is 1. The molecule has 0 radical (unpaired) electrons. The van der Waals surface area contributed by atoms with Crippen molar-refractivity contribution in [1.29, 1.82) is 0 Å². The first-order valence-corrected chi connectivity index (χ1v) is 16.5. The van der Waals surface area contributed by atoms with Gasteiger partial charge in [-0.2, -0.15) is 5.10 Å². The highest BCUT2D eigenvalue weighted by Crippen LogP contribution is 2.37. The number of carbonyl (C=O) groups excluding carboxylic acids is 2. The van der Waals surface area contributed by atoms with E-state index >= 15 is 0 Å². The standard InChI is InChI=1S/C37H31ClN4O7S/c1-6-16-48-36(45)32-21(2)39-37-42(34(32)24-13-15-29(49-22(3)43)30(18-24)47-5)35(44)31(50-37)19-25-20-41(26-10-8-7-9-11-26)40-33(25)23-12-14-28(46-4)27(38)17-23/h6-15,17-20,34H,1,16H2,2-5H3/b31-19-. The minimum absolute atomic E-state index is 0.0367. The van der Waals surface area contributed by atoms with Crippen molar-refractivity contribution >= 4 is 41.0 Å². The predicted molar refractivity (Wildman–Crippen MR) is 190 cm³/mol. The van der Waals surface area contributed by atoms with E-state index in [-0.39, 0.29) is 23.7 Å². The Hall–Kier alpha value is -5.72. The largest absolute Gasteiger partial charge is 0.495 e. The minimum atomic E-state index is -0.946. The molecule has 0 spiro atoms. The lowest BCUT2D eigenvalue weighted by molar-refractivity contribution is -0.138. The van der Waals surface area contributed by atoms with Crippen molar-refractivity contribution in [3.05, 3.63) is 133 Å². The van der Waals surface area contributed by atoms with Crippen molar-refractivity contribution in [3.8, 4) is 34.2 Å². The number of halogens is 1. The van der Waals surface area contributed by atoms with E-state index in [4.69, 9.17) is 35.6 Å². The summed E-state index contributed by atoms with van der Waals surface area (Å²) >= 11 is 7.68. The number of para-hydroxylation sites is 1. The maximum atomic E-state index is 14.4. The summed E-state index contributed by atoms with van der Waals surface area (Å²) in [6, 6.07) is 18.8. The molecule has 0 N–H and O–H groups in total. The summed E-state index contributed by atoms with van der Waals surface area (Å²) in [5.74, 6) is -0.238. The van der Waals surface area contributed by atoms with E-state index in [1.165, 1.54) is 36.0 Å². The molecule has 0 aliphatic carbocycles. The third-order valence-electron chi connectivity index (χ3n) is 7.81. The number of rotatable bonds is 10. The number of fused-ring (bicyclic) bond motifs is 1. The summed E-state index contributed by atoms with van der Waals surface area (Å²) < 4.78 is 25.2. The molecule has 3 heterocycles. The molecule has 0 fully saturated rings. The summed E-state index contributed by atoms with van der Waals surface area (Å²) in [5, 5.41) is 5.28. The number of aromatic nitrogens is 3. The van der Waals surface area contributed by atoms with Crippen LogP contribution in [0.15, 0.2) is 107 Å². The molecule has 0 bridgehead atoms. The number of hydrogen-bond acceptors (Lipinski definition) is 10. The highest BCUT2D eigenvalue weighted by Gasteiger charge is 2.34. The molecule has 1 aliphatic heterocycles. The first-order chi connectivity index (χ1) is 24.1. The third-order valence-corrected chi connectivity index (χ3v) is 9.08. The second-order valence-electron chi connectivity index (χ2n) is 11.0. The number of allylic oxidation sites excluding steroid dienone is 1. The Morgan fingerprint density at radius 1 is 1.02 bits per heavy atom. The van der Waals surface area contributed by atoms with Crippen LogP contribution in [-0.2, 0) is 14.3 Å². The Morgan fingerprint density at radius 2 is 1.76 bits per heavy atom. The topological polar surface area (TPSA) is 123 Å². The molecule has 11 nitrogen and oxygen atoms in total. The monoisotopic (exact) mass is 710 g/mol. The van der Waals surface area contributed by atoms with Gasteiger partial charge in [-0.1, -0.05) is 59.9 Å². The number of nitrogens with zero attached hydrogens (tertiary/aromatic N) is 4. The van der Waals surface area contributed by atoms with E-state index in [0.29, 0.717) is 48.2 Å². The second kappa shape index (κ2) is 14.4. The first kappa shape index (κ1) is 34.2. The van der Waals surface area contributed by atoms with Crippen LogP contribution in [0, 0.1) is 0 Å². The molecular weight excluding hydrogens is 680 g/mol. The van der Waals surface area contributed by atoms with Gasteiger partial charge in [-0.25, -0.2) is 14.5 Å². The summed E-state index contributed by atoms with van der Waals surface area (Å²) in [7, 11) is 2.97. The van der Waals surface area contributed by atoms with Crippen molar-refractivity contribution in [1.82, 2.24) is 14.3 Å². The van der Waals surface area contributed by atoms with Gasteiger partial charge in [0.1, 0.15) is 18.1 Å². The second-order valence-corrected chi connectivity index (χ2v) is 12.5. The zero-order valence-corrected chi connectivity index (χ0v) is 29.1. The normalized spacial score (nSPS) is 14.1. The Morgan fingerprint density at radius 3 is 2.44 bits per heavy atom. The first-order valence-electron chi connectivity index (χ1n) is 15.3. The van der Waals surface area contributed by atoms with Crippen LogP contribution in [-0.4, -0.2) is 47.1 Å². The molecule has 5 aromatic rings.